The van der Waals surface area contributed by atoms with Gasteiger partial charge in [0.25, 0.3) is 5.56 Å². The summed E-state index contributed by atoms with van der Waals surface area (Å²) >= 11 is 1.52. The van der Waals surface area contributed by atoms with Crippen molar-refractivity contribution in [2.24, 2.45) is 0 Å². The summed E-state index contributed by atoms with van der Waals surface area (Å²) in [5.74, 6) is 0.814. The van der Waals surface area contributed by atoms with Crippen LogP contribution in [-0.4, -0.2) is 16.7 Å². The van der Waals surface area contributed by atoms with Crippen molar-refractivity contribution < 1.29 is 4.74 Å². The van der Waals surface area contributed by atoms with E-state index in [2.05, 4.69) is 41.4 Å². The summed E-state index contributed by atoms with van der Waals surface area (Å²) < 4.78 is 7.30. The molecule has 0 aliphatic carbocycles. The van der Waals surface area contributed by atoms with Gasteiger partial charge in [-0.15, -0.1) is 11.3 Å². The Labute approximate surface area is 179 Å². The molecule has 0 saturated carbocycles. The van der Waals surface area contributed by atoms with Gasteiger partial charge in [0.15, 0.2) is 0 Å². The molecular formula is C25H22N2O2S. The van der Waals surface area contributed by atoms with Crippen LogP contribution in [0.2, 0.25) is 0 Å². The summed E-state index contributed by atoms with van der Waals surface area (Å²) in [6.45, 7) is 2.66. The van der Waals surface area contributed by atoms with E-state index in [1.165, 1.54) is 16.9 Å². The van der Waals surface area contributed by atoms with Gasteiger partial charge in [0, 0.05) is 28.7 Å². The number of nitrogens with zero attached hydrogens (tertiary/aromatic N) is 2. The minimum atomic E-state index is 0.0355. The van der Waals surface area contributed by atoms with E-state index in [-0.39, 0.29) is 5.56 Å². The quantitative estimate of drug-likeness (QED) is 0.440. The second-order valence-electron chi connectivity index (χ2n) is 7.56. The largest absolute Gasteiger partial charge is 0.497 e. The number of fused-ring (bicyclic) bond motifs is 3. The molecule has 2 aromatic heterocycles. The molecule has 0 radical (unpaired) electrons. The highest BCUT2D eigenvalue weighted by Crippen LogP contribution is 2.38. The smallest absolute Gasteiger partial charge is 0.261 e. The summed E-state index contributed by atoms with van der Waals surface area (Å²) in [5.41, 5.74) is 7.17. The predicted molar refractivity (Wildman–Crippen MR) is 122 cm³/mol. The third-order valence-electron chi connectivity index (χ3n) is 5.64. The fraction of sp³-hybridized carbons (Fsp3) is 0.200. The first-order valence-corrected chi connectivity index (χ1v) is 11.0. The van der Waals surface area contributed by atoms with Gasteiger partial charge < -0.3 is 9.30 Å². The van der Waals surface area contributed by atoms with Crippen LogP contribution in [0, 0.1) is 6.92 Å². The molecule has 2 aromatic carbocycles. The van der Waals surface area contributed by atoms with E-state index >= 15 is 0 Å². The Balaban J connectivity index is 1.85. The lowest BCUT2D eigenvalue weighted by atomic mass is 9.94. The number of rotatable bonds is 3. The number of benzene rings is 2. The first kappa shape index (κ1) is 18.8. The topological polar surface area (TPSA) is 44.1 Å². The third kappa shape index (κ3) is 3.15. The van der Waals surface area contributed by atoms with Crippen LogP contribution in [0.1, 0.15) is 17.7 Å². The van der Waals surface area contributed by atoms with E-state index in [0.717, 1.165) is 51.7 Å². The molecular weight excluding hydrogens is 392 g/mol. The molecule has 0 atom stereocenters. The number of hydrogen-bond acceptors (Lipinski definition) is 4. The van der Waals surface area contributed by atoms with E-state index in [4.69, 9.17) is 4.74 Å². The lowest BCUT2D eigenvalue weighted by Gasteiger charge is -2.18. The maximum Gasteiger partial charge on any atom is 0.261 e. The third-order valence-corrected chi connectivity index (χ3v) is 6.63. The highest BCUT2D eigenvalue weighted by atomic mass is 32.1. The zero-order valence-corrected chi connectivity index (χ0v) is 17.8. The molecule has 5 rings (SSSR count). The molecule has 5 heteroatoms. The minimum absolute atomic E-state index is 0.0355. The summed E-state index contributed by atoms with van der Waals surface area (Å²) in [7, 11) is 1.67. The van der Waals surface area contributed by atoms with E-state index in [1.54, 1.807) is 7.11 Å². The van der Waals surface area contributed by atoms with Crippen LogP contribution in [0.5, 0.6) is 5.75 Å². The summed E-state index contributed by atoms with van der Waals surface area (Å²) in [5, 5.41) is 2.77. The first-order valence-electron chi connectivity index (χ1n) is 10.1. The Morgan fingerprint density at radius 3 is 2.57 bits per heavy atom. The zero-order valence-electron chi connectivity index (χ0n) is 17.0. The van der Waals surface area contributed by atoms with Crippen LogP contribution >= 0.6 is 11.3 Å². The molecule has 3 heterocycles. The molecule has 0 saturated heterocycles. The van der Waals surface area contributed by atoms with Gasteiger partial charge in [0.1, 0.15) is 10.8 Å². The molecule has 4 nitrogen and oxygen atoms in total. The van der Waals surface area contributed by atoms with Gasteiger partial charge in [0.05, 0.1) is 18.4 Å². The van der Waals surface area contributed by atoms with E-state index < -0.39 is 0 Å². The monoisotopic (exact) mass is 414 g/mol. The van der Waals surface area contributed by atoms with Crippen molar-refractivity contribution in [3.05, 3.63) is 81.6 Å². The fourth-order valence-corrected chi connectivity index (χ4v) is 4.99. The highest BCUT2D eigenvalue weighted by molar-refractivity contribution is 7.13. The van der Waals surface area contributed by atoms with Crippen LogP contribution in [0.15, 0.2) is 64.8 Å². The van der Waals surface area contributed by atoms with Gasteiger partial charge in [-0.1, -0.05) is 36.4 Å². The normalized spacial score (nSPS) is 12.7. The number of hydrogen-bond donors (Lipinski definition) is 0. The van der Waals surface area contributed by atoms with Crippen molar-refractivity contribution in [1.82, 2.24) is 9.55 Å². The molecule has 0 fully saturated rings. The molecule has 0 bridgehead atoms. The number of aryl methyl sites for hydroxylation is 2. The SMILES string of the molecule is COc1ccc(-c2cc(-c3nc(C)cs3)c(=O)n3c2-c2ccccc2CCC3)cc1. The second kappa shape index (κ2) is 7.58. The maximum absolute atomic E-state index is 13.6. The van der Waals surface area contributed by atoms with Gasteiger partial charge in [-0.05, 0) is 49.1 Å². The average molecular weight is 415 g/mol. The van der Waals surface area contributed by atoms with Gasteiger partial charge in [-0.25, -0.2) is 4.98 Å². The van der Waals surface area contributed by atoms with Crippen molar-refractivity contribution in [2.75, 3.05) is 7.11 Å². The Morgan fingerprint density at radius 2 is 1.83 bits per heavy atom. The van der Waals surface area contributed by atoms with Gasteiger partial charge in [-0.2, -0.15) is 0 Å². The van der Waals surface area contributed by atoms with E-state index in [0.29, 0.717) is 12.1 Å². The molecule has 1 aliphatic heterocycles. The van der Waals surface area contributed by atoms with Gasteiger partial charge in [0.2, 0.25) is 0 Å². The van der Waals surface area contributed by atoms with Crippen LogP contribution < -0.4 is 10.3 Å². The zero-order chi connectivity index (χ0) is 20.7. The molecule has 0 N–H and O–H groups in total. The number of pyridine rings is 1. The number of ether oxygens (including phenoxy) is 1. The van der Waals surface area contributed by atoms with Crippen LogP contribution in [0.3, 0.4) is 0 Å². The predicted octanol–water partition coefficient (Wildman–Crippen LogP) is 5.57. The number of methoxy groups -OCH3 is 1. The van der Waals surface area contributed by atoms with Crippen molar-refractivity contribution in [1.29, 1.82) is 0 Å². The average Bonchev–Trinajstić information content (AvgIpc) is 3.11. The van der Waals surface area contributed by atoms with Crippen molar-refractivity contribution in [2.45, 2.75) is 26.3 Å². The maximum atomic E-state index is 13.6. The van der Waals surface area contributed by atoms with Crippen LogP contribution in [-0.2, 0) is 13.0 Å². The van der Waals surface area contributed by atoms with E-state index in [9.17, 15) is 4.79 Å². The molecule has 0 amide bonds. The lowest BCUT2D eigenvalue weighted by molar-refractivity contribution is 0.415. The molecule has 4 aromatic rings. The Hall–Kier alpha value is -3.18. The summed E-state index contributed by atoms with van der Waals surface area (Å²) in [6, 6.07) is 18.5. The second-order valence-corrected chi connectivity index (χ2v) is 8.42. The van der Waals surface area contributed by atoms with E-state index in [1.807, 2.05) is 35.1 Å². The summed E-state index contributed by atoms with van der Waals surface area (Å²) in [6.07, 6.45) is 1.90. The Kier molecular flexibility index (Phi) is 4.75. The summed E-state index contributed by atoms with van der Waals surface area (Å²) in [4.78, 5) is 18.2. The van der Waals surface area contributed by atoms with Crippen molar-refractivity contribution in [3.8, 4) is 38.7 Å². The van der Waals surface area contributed by atoms with Crippen molar-refractivity contribution >= 4 is 11.3 Å². The molecule has 150 valence electrons. The highest BCUT2D eigenvalue weighted by Gasteiger charge is 2.23. The molecule has 30 heavy (non-hydrogen) atoms. The molecule has 1 aliphatic rings. The number of thiazole rings is 1. The van der Waals surface area contributed by atoms with Crippen LogP contribution in [0.25, 0.3) is 33.0 Å². The van der Waals surface area contributed by atoms with Gasteiger partial charge >= 0.3 is 0 Å². The number of aromatic nitrogens is 2. The van der Waals surface area contributed by atoms with Crippen molar-refractivity contribution in [3.63, 3.8) is 0 Å². The first-order chi connectivity index (χ1) is 14.7. The lowest BCUT2D eigenvalue weighted by Crippen LogP contribution is -2.23. The molecule has 0 spiro atoms. The van der Waals surface area contributed by atoms with Crippen LogP contribution in [0.4, 0.5) is 0 Å². The molecule has 0 unspecified atom stereocenters. The fourth-order valence-electron chi connectivity index (χ4n) is 4.19. The minimum Gasteiger partial charge on any atom is -0.497 e. The Morgan fingerprint density at radius 1 is 1.03 bits per heavy atom. The van der Waals surface area contributed by atoms with Gasteiger partial charge in [-0.3, -0.25) is 4.79 Å². The Bertz CT molecular complexity index is 1290. The standard InChI is InChI=1S/C25H22N2O2S/c1-16-15-30-24(26-16)22-14-21(18-9-11-19(29-2)12-10-18)23-20-8-4-3-6-17(20)7-5-13-27(23)25(22)28/h3-4,6,8-12,14-15H,5,7,13H2,1-2H3.